The predicted molar refractivity (Wildman–Crippen MR) is 64.7 cm³/mol. The molecule has 0 bridgehead atoms. The van der Waals surface area contributed by atoms with Gasteiger partial charge in [0.25, 0.3) is 0 Å². The average Bonchev–Trinajstić information content (AvgIpc) is 2.19. The molecule has 0 spiro atoms. The van der Waals surface area contributed by atoms with E-state index < -0.39 is 10.0 Å². The normalized spacial score (nSPS) is 11.6. The summed E-state index contributed by atoms with van der Waals surface area (Å²) >= 11 is 0. The Bertz CT molecular complexity index is 412. The molecule has 0 aliphatic carbocycles. The SMILES string of the molecule is Cc1ccc(C[NH2+]CC[N-]S(C)(=O)=O)cc1. The Hall–Kier alpha value is -0.910. The van der Waals surface area contributed by atoms with Gasteiger partial charge in [0.2, 0.25) is 0 Å². The highest BCUT2D eigenvalue weighted by Gasteiger charge is 1.93. The summed E-state index contributed by atoms with van der Waals surface area (Å²) in [6.45, 7) is 3.96. The van der Waals surface area contributed by atoms with Crippen LogP contribution in [0.25, 0.3) is 4.72 Å². The Morgan fingerprint density at radius 2 is 1.88 bits per heavy atom. The number of quaternary nitrogens is 1. The maximum absolute atomic E-state index is 10.7. The molecule has 2 N–H and O–H groups in total. The first-order chi connectivity index (χ1) is 7.47. The summed E-state index contributed by atoms with van der Waals surface area (Å²) in [6, 6.07) is 8.31. The summed E-state index contributed by atoms with van der Waals surface area (Å²) in [5.74, 6) is 0. The van der Waals surface area contributed by atoms with E-state index in [1.54, 1.807) is 0 Å². The monoisotopic (exact) mass is 242 g/mol. The van der Waals surface area contributed by atoms with Crippen LogP contribution in [0.3, 0.4) is 0 Å². The number of nitrogens with two attached hydrogens (primary N) is 1. The highest BCUT2D eigenvalue weighted by molar-refractivity contribution is 7.93. The molecular formula is C11H18N2O2S. The highest BCUT2D eigenvalue weighted by atomic mass is 32.2. The zero-order valence-electron chi connectivity index (χ0n) is 9.68. The summed E-state index contributed by atoms with van der Waals surface area (Å²) in [4.78, 5) is 0. The van der Waals surface area contributed by atoms with Crippen molar-refractivity contribution < 1.29 is 13.7 Å². The Morgan fingerprint density at radius 3 is 2.44 bits per heavy atom. The van der Waals surface area contributed by atoms with Gasteiger partial charge < -0.3 is 10.0 Å². The zero-order valence-corrected chi connectivity index (χ0v) is 10.5. The predicted octanol–water partition coefficient (Wildman–Crippen LogP) is 0.392. The standard InChI is InChI=1S/C11H17N2O2S/c1-10-3-5-11(6-4-10)9-12-7-8-13-16(2,14)15/h3-6,12H,7-9H2,1-2H3/q-1/p+1. The molecule has 1 rings (SSSR count). The van der Waals surface area contributed by atoms with Crippen LogP contribution in [-0.4, -0.2) is 27.8 Å². The van der Waals surface area contributed by atoms with E-state index in [2.05, 4.69) is 41.2 Å². The summed E-state index contributed by atoms with van der Waals surface area (Å²) < 4.78 is 25.0. The third-order valence-corrected chi connectivity index (χ3v) is 2.81. The van der Waals surface area contributed by atoms with Crippen LogP contribution in [0.5, 0.6) is 0 Å². The van der Waals surface area contributed by atoms with Crippen molar-refractivity contribution in [3.63, 3.8) is 0 Å². The van der Waals surface area contributed by atoms with Gasteiger partial charge >= 0.3 is 0 Å². The quantitative estimate of drug-likeness (QED) is 0.733. The van der Waals surface area contributed by atoms with E-state index in [9.17, 15) is 8.42 Å². The summed E-state index contributed by atoms with van der Waals surface area (Å²) in [6.07, 6.45) is 1.12. The molecule has 0 radical (unpaired) electrons. The maximum Gasteiger partial charge on any atom is 0.101 e. The Kier molecular flexibility index (Phi) is 4.92. The molecule has 0 unspecified atom stereocenters. The lowest BCUT2D eigenvalue weighted by Crippen LogP contribution is -2.83. The van der Waals surface area contributed by atoms with Crippen molar-refractivity contribution in [2.24, 2.45) is 0 Å². The topological polar surface area (TPSA) is 64.8 Å². The van der Waals surface area contributed by atoms with E-state index in [1.807, 2.05) is 0 Å². The number of rotatable bonds is 6. The van der Waals surface area contributed by atoms with Gasteiger partial charge in [0.15, 0.2) is 0 Å². The van der Waals surface area contributed by atoms with Gasteiger partial charge in [-0.25, -0.2) is 8.42 Å². The van der Waals surface area contributed by atoms with Crippen LogP contribution in [0.2, 0.25) is 0 Å². The number of nitrogens with zero attached hydrogens (tertiary/aromatic N) is 1. The molecule has 1 aromatic carbocycles. The van der Waals surface area contributed by atoms with Gasteiger partial charge in [0.1, 0.15) is 6.54 Å². The van der Waals surface area contributed by atoms with Crippen LogP contribution in [0, 0.1) is 6.92 Å². The van der Waals surface area contributed by atoms with E-state index in [4.69, 9.17) is 0 Å². The van der Waals surface area contributed by atoms with E-state index in [0.717, 1.165) is 12.8 Å². The van der Waals surface area contributed by atoms with Crippen molar-refractivity contribution in [3.05, 3.63) is 40.1 Å². The molecule has 0 heterocycles. The molecule has 0 aliphatic rings. The molecule has 4 nitrogen and oxygen atoms in total. The van der Waals surface area contributed by atoms with E-state index in [-0.39, 0.29) is 0 Å². The first kappa shape index (κ1) is 13.2. The van der Waals surface area contributed by atoms with Crippen LogP contribution < -0.4 is 5.32 Å². The summed E-state index contributed by atoms with van der Waals surface area (Å²) in [5.41, 5.74) is 2.49. The molecule has 0 aromatic heterocycles. The molecule has 90 valence electrons. The van der Waals surface area contributed by atoms with E-state index >= 15 is 0 Å². The Labute approximate surface area is 97.1 Å². The second kappa shape index (κ2) is 5.98. The van der Waals surface area contributed by atoms with Gasteiger partial charge in [-0.15, -0.1) is 0 Å². The van der Waals surface area contributed by atoms with Crippen molar-refractivity contribution in [1.82, 2.24) is 0 Å². The number of benzene rings is 1. The van der Waals surface area contributed by atoms with E-state index in [1.165, 1.54) is 11.1 Å². The fourth-order valence-corrected chi connectivity index (χ4v) is 1.74. The molecule has 0 fully saturated rings. The smallest absolute Gasteiger partial charge is 0.101 e. The molecule has 5 heteroatoms. The minimum Gasteiger partial charge on any atom is -0.545 e. The Balaban J connectivity index is 2.19. The second-order valence-corrected chi connectivity index (χ2v) is 5.58. The van der Waals surface area contributed by atoms with Crippen LogP contribution in [0.4, 0.5) is 0 Å². The molecule has 16 heavy (non-hydrogen) atoms. The fraction of sp³-hybridized carbons (Fsp3) is 0.455. The first-order valence-electron chi connectivity index (χ1n) is 5.23. The number of aryl methyl sites for hydroxylation is 1. The molecule has 0 saturated carbocycles. The van der Waals surface area contributed by atoms with Crippen LogP contribution in [-0.2, 0) is 16.6 Å². The van der Waals surface area contributed by atoms with Gasteiger partial charge in [-0.05, 0) is 6.92 Å². The van der Waals surface area contributed by atoms with Crippen molar-refractivity contribution >= 4 is 10.0 Å². The second-order valence-electron chi connectivity index (χ2n) is 3.85. The molecule has 0 saturated heterocycles. The third-order valence-electron chi connectivity index (χ3n) is 2.16. The lowest BCUT2D eigenvalue weighted by molar-refractivity contribution is -0.667. The van der Waals surface area contributed by atoms with Crippen LogP contribution in [0.15, 0.2) is 24.3 Å². The molecular weight excluding hydrogens is 224 g/mol. The summed E-state index contributed by atoms with van der Waals surface area (Å²) in [5, 5.41) is 2.05. The van der Waals surface area contributed by atoms with Crippen molar-refractivity contribution in [1.29, 1.82) is 0 Å². The third kappa shape index (κ3) is 5.85. The molecule has 1 aromatic rings. The number of hydrogen-bond acceptors (Lipinski definition) is 2. The first-order valence-corrected chi connectivity index (χ1v) is 7.08. The van der Waals surface area contributed by atoms with Gasteiger partial charge in [0, 0.05) is 11.8 Å². The minimum absolute atomic E-state index is 0.352. The lowest BCUT2D eigenvalue weighted by Gasteiger charge is -2.14. The van der Waals surface area contributed by atoms with Crippen molar-refractivity contribution in [3.8, 4) is 0 Å². The van der Waals surface area contributed by atoms with Gasteiger partial charge in [-0.1, -0.05) is 36.4 Å². The van der Waals surface area contributed by atoms with E-state index in [0.29, 0.717) is 13.1 Å². The summed E-state index contributed by atoms with van der Waals surface area (Å²) in [7, 11) is -3.17. The zero-order chi connectivity index (χ0) is 12.0. The lowest BCUT2D eigenvalue weighted by atomic mass is 10.1. The minimum atomic E-state index is -3.17. The molecule has 0 atom stereocenters. The number of hydrogen-bond donors (Lipinski definition) is 1. The van der Waals surface area contributed by atoms with Crippen molar-refractivity contribution in [2.75, 3.05) is 19.3 Å². The van der Waals surface area contributed by atoms with Crippen LogP contribution in [0.1, 0.15) is 11.1 Å². The van der Waals surface area contributed by atoms with Gasteiger partial charge in [-0.2, -0.15) is 0 Å². The molecule has 0 aliphatic heterocycles. The van der Waals surface area contributed by atoms with Gasteiger partial charge in [-0.3, -0.25) is 0 Å². The maximum atomic E-state index is 10.7. The number of sulfonamides is 1. The highest BCUT2D eigenvalue weighted by Crippen LogP contribution is 2.00. The Morgan fingerprint density at radius 1 is 1.25 bits per heavy atom. The average molecular weight is 242 g/mol. The fourth-order valence-electron chi connectivity index (χ4n) is 1.30. The largest absolute Gasteiger partial charge is 0.545 e. The van der Waals surface area contributed by atoms with Crippen molar-refractivity contribution in [2.45, 2.75) is 13.5 Å². The molecule has 0 amide bonds. The van der Waals surface area contributed by atoms with Gasteiger partial charge in [0.05, 0.1) is 16.6 Å². The van der Waals surface area contributed by atoms with Crippen LogP contribution >= 0.6 is 0 Å².